The second-order valence-corrected chi connectivity index (χ2v) is 5.51. The molecule has 3 rings (SSSR count). The molecule has 1 atom stereocenters. The minimum Gasteiger partial charge on any atom is -0.355 e. The van der Waals surface area contributed by atoms with Crippen LogP contribution >= 0.6 is 15.9 Å². The number of hydrogen-bond acceptors (Lipinski definition) is 3. The van der Waals surface area contributed by atoms with Gasteiger partial charge < -0.3 is 20.6 Å². The van der Waals surface area contributed by atoms with Crippen molar-refractivity contribution in [3.05, 3.63) is 27.1 Å². The molecule has 1 aliphatic rings. The van der Waals surface area contributed by atoms with Gasteiger partial charge in [0.25, 0.3) is 0 Å². The first-order valence-corrected chi connectivity index (χ1v) is 6.81. The molecular weight excluding hydrogens is 328 g/mol. The minimum absolute atomic E-state index is 0.116. The average Bonchev–Trinajstić information content (AvgIpc) is 2.95. The topological polar surface area (TPSA) is 107 Å². The van der Waals surface area contributed by atoms with Crippen LogP contribution in [-0.4, -0.2) is 28.3 Å². The van der Waals surface area contributed by atoms with Crippen LogP contribution in [0.1, 0.15) is 6.42 Å². The van der Waals surface area contributed by atoms with Crippen molar-refractivity contribution >= 4 is 44.5 Å². The zero-order valence-electron chi connectivity index (χ0n) is 10.2. The van der Waals surface area contributed by atoms with Gasteiger partial charge in [0.2, 0.25) is 11.8 Å². The molecule has 1 fully saturated rings. The van der Waals surface area contributed by atoms with Crippen molar-refractivity contribution in [2.24, 2.45) is 5.92 Å². The molecule has 20 heavy (non-hydrogen) atoms. The fourth-order valence-electron chi connectivity index (χ4n) is 2.18. The van der Waals surface area contributed by atoms with Gasteiger partial charge in [0, 0.05) is 17.4 Å². The summed E-state index contributed by atoms with van der Waals surface area (Å²) in [6, 6.07) is 3.38. The lowest BCUT2D eigenvalue weighted by Gasteiger charge is -2.10. The second kappa shape index (κ2) is 4.78. The van der Waals surface area contributed by atoms with E-state index in [1.54, 1.807) is 12.1 Å². The molecule has 0 saturated carbocycles. The Bertz CT molecular complexity index is 764. The number of aromatic amines is 2. The summed E-state index contributed by atoms with van der Waals surface area (Å²) in [5, 5.41) is 5.38. The van der Waals surface area contributed by atoms with Gasteiger partial charge in [0.1, 0.15) is 0 Å². The largest absolute Gasteiger partial charge is 0.355 e. The average molecular weight is 339 g/mol. The van der Waals surface area contributed by atoms with Crippen molar-refractivity contribution in [1.82, 2.24) is 15.3 Å². The number of imidazole rings is 1. The van der Waals surface area contributed by atoms with E-state index in [1.807, 2.05) is 0 Å². The molecule has 104 valence electrons. The van der Waals surface area contributed by atoms with Crippen LogP contribution < -0.4 is 16.3 Å². The zero-order chi connectivity index (χ0) is 14.3. The predicted octanol–water partition coefficient (Wildman–Crippen LogP) is 0.693. The Morgan fingerprint density at radius 1 is 1.25 bits per heavy atom. The number of anilines is 1. The third kappa shape index (κ3) is 2.34. The zero-order valence-corrected chi connectivity index (χ0v) is 11.8. The Balaban J connectivity index is 1.86. The number of benzene rings is 1. The number of amides is 2. The SMILES string of the molecule is O=C1CC(C(=O)Nc2cc3[nH]c(=O)[nH]c3cc2Br)CN1. The van der Waals surface area contributed by atoms with E-state index in [4.69, 9.17) is 0 Å². The lowest BCUT2D eigenvalue weighted by molar-refractivity contribution is -0.123. The van der Waals surface area contributed by atoms with Gasteiger partial charge in [-0.25, -0.2) is 4.79 Å². The molecule has 0 aliphatic carbocycles. The van der Waals surface area contributed by atoms with E-state index in [1.165, 1.54) is 0 Å². The summed E-state index contributed by atoms with van der Waals surface area (Å²) in [5.74, 6) is -0.703. The van der Waals surface area contributed by atoms with Crippen LogP contribution in [0.25, 0.3) is 11.0 Å². The minimum atomic E-state index is -0.365. The molecule has 1 unspecified atom stereocenters. The Labute approximate surface area is 121 Å². The number of carbonyl (C=O) groups excluding carboxylic acids is 2. The maximum atomic E-state index is 12.0. The maximum absolute atomic E-state index is 12.0. The van der Waals surface area contributed by atoms with Crippen molar-refractivity contribution in [3.63, 3.8) is 0 Å². The molecule has 1 aromatic heterocycles. The molecule has 0 spiro atoms. The van der Waals surface area contributed by atoms with Crippen LogP contribution in [0, 0.1) is 5.92 Å². The van der Waals surface area contributed by atoms with Crippen molar-refractivity contribution < 1.29 is 9.59 Å². The number of rotatable bonds is 2. The standard InChI is InChI=1S/C12H11BrN4O3/c13-6-2-8-9(17-12(20)16-8)3-7(6)15-11(19)5-1-10(18)14-4-5/h2-3,5H,1,4H2,(H,14,18)(H,15,19)(H2,16,17,20). The fraction of sp³-hybridized carbons (Fsp3) is 0.250. The molecule has 1 saturated heterocycles. The number of halogens is 1. The highest BCUT2D eigenvalue weighted by atomic mass is 79.9. The third-order valence-electron chi connectivity index (χ3n) is 3.21. The summed E-state index contributed by atoms with van der Waals surface area (Å²) in [7, 11) is 0. The van der Waals surface area contributed by atoms with E-state index in [-0.39, 0.29) is 29.8 Å². The van der Waals surface area contributed by atoms with E-state index in [0.717, 1.165) is 0 Å². The van der Waals surface area contributed by atoms with Gasteiger partial charge in [0.05, 0.1) is 22.6 Å². The third-order valence-corrected chi connectivity index (χ3v) is 3.87. The fourth-order valence-corrected chi connectivity index (χ4v) is 2.62. The molecule has 2 aromatic rings. The van der Waals surface area contributed by atoms with E-state index >= 15 is 0 Å². The van der Waals surface area contributed by atoms with Crippen molar-refractivity contribution in [3.8, 4) is 0 Å². The van der Waals surface area contributed by atoms with Crippen molar-refractivity contribution in [2.75, 3.05) is 11.9 Å². The Morgan fingerprint density at radius 3 is 2.60 bits per heavy atom. The van der Waals surface area contributed by atoms with E-state index in [0.29, 0.717) is 27.7 Å². The molecule has 2 heterocycles. The van der Waals surface area contributed by atoms with Gasteiger partial charge in [0.15, 0.2) is 0 Å². The summed E-state index contributed by atoms with van der Waals surface area (Å²) >= 11 is 3.34. The maximum Gasteiger partial charge on any atom is 0.323 e. The molecule has 2 amide bonds. The van der Waals surface area contributed by atoms with Crippen LogP contribution in [0.3, 0.4) is 0 Å². The number of nitrogens with one attached hydrogen (secondary N) is 4. The van der Waals surface area contributed by atoms with Crippen LogP contribution in [0.2, 0.25) is 0 Å². The Hall–Kier alpha value is -2.09. The van der Waals surface area contributed by atoms with Gasteiger partial charge in [-0.15, -0.1) is 0 Å². The van der Waals surface area contributed by atoms with Crippen molar-refractivity contribution in [2.45, 2.75) is 6.42 Å². The number of hydrogen-bond donors (Lipinski definition) is 4. The van der Waals surface area contributed by atoms with Crippen LogP contribution in [0.15, 0.2) is 21.4 Å². The second-order valence-electron chi connectivity index (χ2n) is 4.65. The summed E-state index contributed by atoms with van der Waals surface area (Å²) in [6.45, 7) is 0.353. The summed E-state index contributed by atoms with van der Waals surface area (Å²) in [5.41, 5.74) is 1.50. The van der Waals surface area contributed by atoms with Gasteiger partial charge in [-0.2, -0.15) is 0 Å². The summed E-state index contributed by atoms with van der Waals surface area (Å²) < 4.78 is 0.658. The molecule has 8 heteroatoms. The van der Waals surface area contributed by atoms with E-state index < -0.39 is 0 Å². The lowest BCUT2D eigenvalue weighted by Crippen LogP contribution is -2.24. The summed E-state index contributed by atoms with van der Waals surface area (Å²) in [6.07, 6.45) is 0.201. The van der Waals surface area contributed by atoms with Gasteiger partial charge >= 0.3 is 5.69 Å². The first-order chi connectivity index (χ1) is 9.52. The molecule has 0 bridgehead atoms. The molecule has 4 N–H and O–H groups in total. The van der Waals surface area contributed by atoms with Gasteiger partial charge in [-0.1, -0.05) is 0 Å². The molecule has 1 aliphatic heterocycles. The lowest BCUT2D eigenvalue weighted by atomic mass is 10.1. The highest BCUT2D eigenvalue weighted by molar-refractivity contribution is 9.10. The first kappa shape index (κ1) is 12.9. The number of carbonyl (C=O) groups is 2. The molecular formula is C12H11BrN4O3. The number of fused-ring (bicyclic) bond motifs is 1. The monoisotopic (exact) mass is 338 g/mol. The Morgan fingerprint density at radius 2 is 1.95 bits per heavy atom. The Kier molecular flexibility index (Phi) is 3.09. The highest BCUT2D eigenvalue weighted by Gasteiger charge is 2.28. The van der Waals surface area contributed by atoms with Gasteiger partial charge in [-0.3, -0.25) is 9.59 Å². The molecule has 7 nitrogen and oxygen atoms in total. The van der Waals surface area contributed by atoms with E-state index in [9.17, 15) is 14.4 Å². The smallest absolute Gasteiger partial charge is 0.323 e. The predicted molar refractivity (Wildman–Crippen MR) is 76.4 cm³/mol. The number of aromatic nitrogens is 2. The quantitative estimate of drug-likeness (QED) is 0.647. The van der Waals surface area contributed by atoms with Crippen LogP contribution in [0.4, 0.5) is 5.69 Å². The highest BCUT2D eigenvalue weighted by Crippen LogP contribution is 2.27. The van der Waals surface area contributed by atoms with Crippen LogP contribution in [0.5, 0.6) is 0 Å². The van der Waals surface area contributed by atoms with E-state index in [2.05, 4.69) is 36.5 Å². The van der Waals surface area contributed by atoms with Gasteiger partial charge in [-0.05, 0) is 28.1 Å². The molecule has 0 radical (unpaired) electrons. The number of H-pyrrole nitrogens is 2. The molecule has 1 aromatic carbocycles. The van der Waals surface area contributed by atoms with Crippen molar-refractivity contribution in [1.29, 1.82) is 0 Å². The normalized spacial score (nSPS) is 18.2. The van der Waals surface area contributed by atoms with Crippen LogP contribution in [-0.2, 0) is 9.59 Å². The first-order valence-electron chi connectivity index (χ1n) is 6.02. The summed E-state index contributed by atoms with van der Waals surface area (Å²) in [4.78, 5) is 39.6.